The molecule has 1 aromatic rings. The molecule has 0 N–H and O–H groups in total. The monoisotopic (exact) mass is 426 g/mol. The highest BCUT2D eigenvalue weighted by Gasteiger charge is 2.60. The summed E-state index contributed by atoms with van der Waals surface area (Å²) in [5.74, 6) is -5.44. The molecule has 0 saturated carbocycles. The van der Waals surface area contributed by atoms with Gasteiger partial charge in [0.25, 0.3) is 10.1 Å². The summed E-state index contributed by atoms with van der Waals surface area (Å²) in [6.45, 7) is 2.59. The summed E-state index contributed by atoms with van der Waals surface area (Å²) in [7, 11) is -9.15. The maximum absolute atomic E-state index is 13.6. The molecule has 0 spiro atoms. The maximum atomic E-state index is 13.6. The fraction of sp³-hybridized carbons (Fsp3) is 0.538. The topological polar surface area (TPSA) is 78.9 Å². The van der Waals surface area contributed by atoms with Crippen molar-refractivity contribution in [2.45, 2.75) is 30.8 Å². The summed E-state index contributed by atoms with van der Waals surface area (Å²) in [5, 5.41) is 0. The average molecular weight is 426 g/mol. The number of rotatable bonds is 9. The van der Waals surface area contributed by atoms with E-state index in [9.17, 15) is 34.9 Å². The van der Waals surface area contributed by atoms with Crippen LogP contribution in [0.25, 0.3) is 0 Å². The van der Waals surface area contributed by atoms with E-state index in [-0.39, 0.29) is 13.2 Å². The quantitative estimate of drug-likeness (QED) is 0.333. The molecule has 0 radical (unpaired) electrons. The van der Waals surface area contributed by atoms with Gasteiger partial charge in [-0.2, -0.15) is 30.4 Å². The molecule has 0 unspecified atom stereocenters. The molecule has 0 saturated heterocycles. The van der Waals surface area contributed by atoms with Crippen LogP contribution in [0.5, 0.6) is 0 Å². The van der Waals surface area contributed by atoms with Crippen molar-refractivity contribution in [3.05, 3.63) is 29.8 Å². The van der Waals surface area contributed by atoms with Crippen LogP contribution in [-0.2, 0) is 33.8 Å². The molecule has 0 fully saturated rings. The number of hydrogen-bond donors (Lipinski definition) is 0. The zero-order valence-electron chi connectivity index (χ0n) is 13.6. The molecule has 1 rings (SSSR count). The highest BCUT2D eigenvalue weighted by Crippen LogP contribution is 2.49. The van der Waals surface area contributed by atoms with Gasteiger partial charge in [-0.15, -0.1) is 0 Å². The van der Waals surface area contributed by atoms with Gasteiger partial charge in [0.2, 0.25) is 0 Å². The second kappa shape index (κ2) is 8.30. The third-order valence-corrected chi connectivity index (χ3v) is 6.11. The van der Waals surface area contributed by atoms with Gasteiger partial charge in [-0.25, -0.2) is 0 Å². The van der Waals surface area contributed by atoms with Gasteiger partial charge in [-0.05, 0) is 19.9 Å². The van der Waals surface area contributed by atoms with Crippen molar-refractivity contribution >= 4 is 17.7 Å². The van der Waals surface area contributed by atoms with E-state index >= 15 is 0 Å². The van der Waals surface area contributed by atoms with E-state index in [1.807, 2.05) is 0 Å². The molecule has 0 aliphatic carbocycles. The van der Waals surface area contributed by atoms with Crippen LogP contribution in [0.1, 0.15) is 19.4 Å². The Balaban J connectivity index is 3.25. The van der Waals surface area contributed by atoms with E-state index in [1.54, 1.807) is 0 Å². The number of halogens is 5. The number of hydrogen-bond acceptors (Lipinski definition) is 6. The minimum Gasteiger partial charge on any atom is -0.307 e. The van der Waals surface area contributed by atoms with E-state index in [0.29, 0.717) is 12.1 Å². The predicted octanol–water partition coefficient (Wildman–Crippen LogP) is 4.27. The van der Waals surface area contributed by atoms with Crippen LogP contribution >= 0.6 is 7.60 Å². The Labute approximate surface area is 146 Å². The molecular weight excluding hydrogens is 410 g/mol. The summed E-state index contributed by atoms with van der Waals surface area (Å²) in [6.07, 6.45) is -7.20. The molecule has 0 aliphatic heterocycles. The first-order valence-corrected chi connectivity index (χ1v) is 10.3. The number of benzene rings is 1. The summed E-state index contributed by atoms with van der Waals surface area (Å²) < 4.78 is 115. The lowest BCUT2D eigenvalue weighted by Gasteiger charge is -2.22. The largest absolute Gasteiger partial charge is 0.458 e. The zero-order valence-corrected chi connectivity index (χ0v) is 15.3. The Hall–Kier alpha value is -1.07. The van der Waals surface area contributed by atoms with E-state index in [4.69, 9.17) is 9.05 Å². The SMILES string of the molecule is CCOP(=O)(COS(=O)(=O)c1ccccc1C(F)(F)C(F)(F)F)OCC. The van der Waals surface area contributed by atoms with Crippen LogP contribution in [0.4, 0.5) is 22.0 Å². The highest BCUT2D eigenvalue weighted by molar-refractivity contribution is 7.87. The van der Waals surface area contributed by atoms with Crippen molar-refractivity contribution in [2.75, 3.05) is 19.6 Å². The third-order valence-electron chi connectivity index (χ3n) is 2.87. The molecule has 150 valence electrons. The van der Waals surface area contributed by atoms with Crippen molar-refractivity contribution < 1.29 is 48.2 Å². The molecule has 1 aromatic carbocycles. The minimum atomic E-state index is -6.02. The maximum Gasteiger partial charge on any atom is 0.458 e. The van der Waals surface area contributed by atoms with Crippen molar-refractivity contribution in [1.82, 2.24) is 0 Å². The summed E-state index contributed by atoms with van der Waals surface area (Å²) in [5.41, 5.74) is -1.81. The molecule has 0 bridgehead atoms. The molecule has 26 heavy (non-hydrogen) atoms. The van der Waals surface area contributed by atoms with Gasteiger partial charge in [0.05, 0.1) is 18.8 Å². The summed E-state index contributed by atoms with van der Waals surface area (Å²) in [4.78, 5) is -1.40. The van der Waals surface area contributed by atoms with E-state index in [2.05, 4.69) is 4.18 Å². The molecule has 0 atom stereocenters. The summed E-state index contributed by atoms with van der Waals surface area (Å²) >= 11 is 0. The average Bonchev–Trinajstić information content (AvgIpc) is 2.53. The van der Waals surface area contributed by atoms with Gasteiger partial charge in [-0.3, -0.25) is 8.75 Å². The van der Waals surface area contributed by atoms with Crippen LogP contribution < -0.4 is 0 Å². The molecular formula is C13H16F5O6PS. The normalized spacial score (nSPS) is 13.8. The minimum absolute atomic E-state index is 0.135. The van der Waals surface area contributed by atoms with Gasteiger partial charge >= 0.3 is 19.7 Å². The molecule has 13 heteroatoms. The second-order valence-corrected chi connectivity index (χ2v) is 8.30. The smallest absolute Gasteiger partial charge is 0.307 e. The lowest BCUT2D eigenvalue weighted by Crippen LogP contribution is -2.35. The Morgan fingerprint density at radius 1 is 1.00 bits per heavy atom. The second-order valence-electron chi connectivity index (χ2n) is 4.72. The van der Waals surface area contributed by atoms with Crippen molar-refractivity contribution in [3.8, 4) is 0 Å². The molecule has 0 aliphatic rings. The van der Waals surface area contributed by atoms with E-state index in [0.717, 1.165) is 12.1 Å². The lowest BCUT2D eigenvalue weighted by atomic mass is 10.1. The summed E-state index contributed by atoms with van der Waals surface area (Å²) in [6, 6.07) is 2.60. The van der Waals surface area contributed by atoms with Gasteiger partial charge in [0.1, 0.15) is 4.90 Å². The standard InChI is InChI=1S/C13H16F5O6PS/c1-3-22-25(19,23-4-2)9-24-26(20,21)11-8-6-5-7-10(11)12(14,15)13(16,17)18/h5-8H,3-4,9H2,1-2H3. The Bertz CT molecular complexity index is 755. The van der Waals surface area contributed by atoms with Gasteiger partial charge in [-0.1, -0.05) is 18.2 Å². The lowest BCUT2D eigenvalue weighted by molar-refractivity contribution is -0.290. The number of alkyl halides is 5. The predicted molar refractivity (Wildman–Crippen MR) is 80.4 cm³/mol. The van der Waals surface area contributed by atoms with E-state index < -0.39 is 46.6 Å². The molecule has 0 aromatic heterocycles. The van der Waals surface area contributed by atoms with Gasteiger partial charge < -0.3 is 9.05 Å². The zero-order chi connectivity index (χ0) is 20.2. The van der Waals surface area contributed by atoms with Crippen LogP contribution in [-0.4, -0.2) is 34.2 Å². The molecule has 0 heterocycles. The Morgan fingerprint density at radius 3 is 1.96 bits per heavy atom. The van der Waals surface area contributed by atoms with Crippen LogP contribution in [0, 0.1) is 0 Å². The third kappa shape index (κ3) is 5.23. The van der Waals surface area contributed by atoms with E-state index in [1.165, 1.54) is 13.8 Å². The van der Waals surface area contributed by atoms with Crippen molar-refractivity contribution in [1.29, 1.82) is 0 Å². The first kappa shape index (κ1) is 23.0. The van der Waals surface area contributed by atoms with Crippen LogP contribution in [0.2, 0.25) is 0 Å². The van der Waals surface area contributed by atoms with Gasteiger partial charge in [0, 0.05) is 0 Å². The molecule has 6 nitrogen and oxygen atoms in total. The van der Waals surface area contributed by atoms with Crippen molar-refractivity contribution in [3.63, 3.8) is 0 Å². The Morgan fingerprint density at radius 2 is 1.50 bits per heavy atom. The fourth-order valence-corrected chi connectivity index (χ4v) is 4.72. The first-order valence-electron chi connectivity index (χ1n) is 7.12. The van der Waals surface area contributed by atoms with Crippen LogP contribution in [0.15, 0.2) is 29.2 Å². The Kier molecular flexibility index (Phi) is 7.33. The highest BCUT2D eigenvalue weighted by atomic mass is 32.2. The fourth-order valence-electron chi connectivity index (χ4n) is 1.80. The van der Waals surface area contributed by atoms with Crippen LogP contribution in [0.3, 0.4) is 0 Å². The van der Waals surface area contributed by atoms with Gasteiger partial charge in [0.15, 0.2) is 6.35 Å². The molecule has 0 amide bonds. The van der Waals surface area contributed by atoms with Crippen molar-refractivity contribution in [2.24, 2.45) is 0 Å². The first-order chi connectivity index (χ1) is 11.8.